The van der Waals surface area contributed by atoms with Crippen LogP contribution in [0.1, 0.15) is 26.3 Å². The Balaban J connectivity index is 1.99. The molecule has 1 heterocycles. The van der Waals surface area contributed by atoms with E-state index in [-0.39, 0.29) is 12.1 Å². The van der Waals surface area contributed by atoms with Crippen LogP contribution in [0.25, 0.3) is 0 Å². The highest BCUT2D eigenvalue weighted by molar-refractivity contribution is 14.1. The Morgan fingerprint density at radius 3 is 2.52 bits per heavy atom. The number of benzene rings is 2. The second-order valence-corrected chi connectivity index (χ2v) is 5.76. The molecule has 1 aliphatic rings. The van der Waals surface area contributed by atoms with Crippen LogP contribution in [0.3, 0.4) is 0 Å². The number of carbonyl (C=O) groups is 2. The number of nitrogens with zero attached hydrogens (tertiary/aromatic N) is 1. The maximum Gasteiger partial charge on any atom is 0.262 e. The zero-order valence-electron chi connectivity index (χ0n) is 10.6. The number of halogens is 3. The van der Waals surface area contributed by atoms with Gasteiger partial charge in [-0.1, -0.05) is 6.07 Å². The number of amides is 2. The molecule has 0 saturated carbocycles. The third-order valence-corrected chi connectivity index (χ3v) is 4.18. The van der Waals surface area contributed by atoms with E-state index >= 15 is 0 Å². The summed E-state index contributed by atoms with van der Waals surface area (Å²) in [6.45, 7) is -0.286. The Morgan fingerprint density at radius 1 is 1.05 bits per heavy atom. The fourth-order valence-corrected chi connectivity index (χ4v) is 3.00. The number of fused-ring (bicyclic) bond motifs is 1. The molecule has 0 bridgehead atoms. The second kappa shape index (κ2) is 5.18. The molecule has 0 aliphatic carbocycles. The normalized spacial score (nSPS) is 13.8. The molecule has 0 aromatic heterocycles. The van der Waals surface area contributed by atoms with Gasteiger partial charge < -0.3 is 0 Å². The zero-order chi connectivity index (χ0) is 15.1. The predicted octanol–water partition coefficient (Wildman–Crippen LogP) is 3.37. The Labute approximate surface area is 132 Å². The molecule has 1 aliphatic heterocycles. The van der Waals surface area contributed by atoms with Crippen LogP contribution in [0.4, 0.5) is 8.78 Å². The van der Waals surface area contributed by atoms with E-state index in [1.54, 1.807) is 18.2 Å². The number of carbonyl (C=O) groups excluding carboxylic acids is 2. The van der Waals surface area contributed by atoms with Crippen LogP contribution in [0, 0.1) is 15.2 Å². The highest BCUT2D eigenvalue weighted by atomic mass is 127. The summed E-state index contributed by atoms with van der Waals surface area (Å²) in [5.41, 5.74) is 0.586. The van der Waals surface area contributed by atoms with Gasteiger partial charge >= 0.3 is 0 Å². The molecule has 2 aromatic rings. The monoisotopic (exact) mass is 399 g/mol. The molecule has 106 valence electrons. The van der Waals surface area contributed by atoms with E-state index in [0.29, 0.717) is 14.7 Å². The number of hydrogen-bond donors (Lipinski definition) is 0. The molecule has 21 heavy (non-hydrogen) atoms. The van der Waals surface area contributed by atoms with Gasteiger partial charge in [-0.2, -0.15) is 0 Å². The summed E-state index contributed by atoms with van der Waals surface area (Å²) in [6.07, 6.45) is 0. The lowest BCUT2D eigenvalue weighted by Crippen LogP contribution is -2.29. The van der Waals surface area contributed by atoms with E-state index in [9.17, 15) is 18.4 Å². The van der Waals surface area contributed by atoms with E-state index in [2.05, 4.69) is 0 Å². The minimum absolute atomic E-state index is 0.0282. The molecule has 0 fully saturated rings. The zero-order valence-corrected chi connectivity index (χ0v) is 12.7. The summed E-state index contributed by atoms with van der Waals surface area (Å²) in [5.74, 6) is -2.24. The predicted molar refractivity (Wildman–Crippen MR) is 79.7 cm³/mol. The van der Waals surface area contributed by atoms with E-state index < -0.39 is 23.4 Å². The first kappa shape index (κ1) is 14.1. The Morgan fingerprint density at radius 2 is 1.81 bits per heavy atom. The third-order valence-electron chi connectivity index (χ3n) is 3.28. The average Bonchev–Trinajstić information content (AvgIpc) is 2.69. The molecular weight excluding hydrogens is 391 g/mol. The van der Waals surface area contributed by atoms with Crippen molar-refractivity contribution in [1.82, 2.24) is 4.90 Å². The molecule has 0 unspecified atom stereocenters. The third kappa shape index (κ3) is 2.33. The molecule has 3 nitrogen and oxygen atoms in total. The van der Waals surface area contributed by atoms with Crippen molar-refractivity contribution in [3.63, 3.8) is 0 Å². The second-order valence-electron chi connectivity index (χ2n) is 4.59. The minimum atomic E-state index is -0.650. The van der Waals surface area contributed by atoms with Crippen molar-refractivity contribution in [2.24, 2.45) is 0 Å². The molecule has 2 amide bonds. The fourth-order valence-electron chi connectivity index (χ4n) is 2.27. The molecule has 6 heteroatoms. The Hall–Kier alpha value is -1.83. The van der Waals surface area contributed by atoms with Crippen LogP contribution in [0.5, 0.6) is 0 Å². The molecule has 0 radical (unpaired) electrons. The standard InChI is InChI=1S/C15H8F2INO2/c16-9-4-5-11(17)8(6-9)7-19-14(20)10-2-1-3-12(18)13(10)15(19)21/h1-6H,7H2. The average molecular weight is 399 g/mol. The summed E-state index contributed by atoms with van der Waals surface area (Å²) in [5, 5.41) is 0. The maximum absolute atomic E-state index is 13.7. The molecule has 3 rings (SSSR count). The highest BCUT2D eigenvalue weighted by Gasteiger charge is 2.37. The molecule has 2 aromatic carbocycles. The van der Waals surface area contributed by atoms with Crippen LogP contribution in [0.15, 0.2) is 36.4 Å². The van der Waals surface area contributed by atoms with Gasteiger partial charge in [0.05, 0.1) is 17.7 Å². The SMILES string of the molecule is O=C1c2cccc(I)c2C(=O)N1Cc1cc(F)ccc1F. The van der Waals surface area contributed by atoms with Gasteiger partial charge in [0.15, 0.2) is 0 Å². The van der Waals surface area contributed by atoms with Gasteiger partial charge in [0, 0.05) is 9.13 Å². The van der Waals surface area contributed by atoms with Gasteiger partial charge in [-0.3, -0.25) is 14.5 Å². The minimum Gasteiger partial charge on any atom is -0.270 e. The van der Waals surface area contributed by atoms with E-state index in [4.69, 9.17) is 0 Å². The lowest BCUT2D eigenvalue weighted by molar-refractivity contribution is 0.0640. The van der Waals surface area contributed by atoms with Gasteiger partial charge in [-0.15, -0.1) is 0 Å². The van der Waals surface area contributed by atoms with Gasteiger partial charge in [0.1, 0.15) is 11.6 Å². The number of rotatable bonds is 2. The largest absolute Gasteiger partial charge is 0.270 e. The van der Waals surface area contributed by atoms with E-state index in [1.165, 1.54) is 0 Å². The molecule has 0 saturated heterocycles. The first-order valence-corrected chi connectivity index (χ1v) is 7.15. The molecule has 0 N–H and O–H groups in total. The number of imide groups is 1. The highest BCUT2D eigenvalue weighted by Crippen LogP contribution is 2.28. The molecule has 0 atom stereocenters. The maximum atomic E-state index is 13.7. The van der Waals surface area contributed by atoms with Crippen LogP contribution < -0.4 is 0 Å². The van der Waals surface area contributed by atoms with Crippen molar-refractivity contribution >= 4 is 34.4 Å². The van der Waals surface area contributed by atoms with Crippen molar-refractivity contribution in [2.75, 3.05) is 0 Å². The van der Waals surface area contributed by atoms with Crippen molar-refractivity contribution in [3.05, 3.63) is 68.3 Å². The topological polar surface area (TPSA) is 37.4 Å². The smallest absolute Gasteiger partial charge is 0.262 e. The van der Waals surface area contributed by atoms with Crippen LogP contribution >= 0.6 is 22.6 Å². The summed E-state index contributed by atoms with van der Waals surface area (Å²) < 4.78 is 27.5. The van der Waals surface area contributed by atoms with Gasteiger partial charge in [-0.05, 0) is 52.9 Å². The summed E-state index contributed by atoms with van der Waals surface area (Å²) in [6, 6.07) is 7.91. The first-order chi connectivity index (χ1) is 9.99. The quantitative estimate of drug-likeness (QED) is 0.574. The van der Waals surface area contributed by atoms with Crippen LogP contribution in [-0.2, 0) is 6.54 Å². The summed E-state index contributed by atoms with van der Waals surface area (Å²) in [4.78, 5) is 25.5. The van der Waals surface area contributed by atoms with Crippen molar-refractivity contribution in [3.8, 4) is 0 Å². The van der Waals surface area contributed by atoms with Crippen LogP contribution in [-0.4, -0.2) is 16.7 Å². The Kier molecular flexibility index (Phi) is 3.48. The lowest BCUT2D eigenvalue weighted by Gasteiger charge is -2.14. The van der Waals surface area contributed by atoms with E-state index in [1.807, 2.05) is 22.6 Å². The van der Waals surface area contributed by atoms with Gasteiger partial charge in [-0.25, -0.2) is 8.78 Å². The molecular formula is C15H8F2INO2. The molecule has 0 spiro atoms. The van der Waals surface area contributed by atoms with Crippen LogP contribution in [0.2, 0.25) is 0 Å². The van der Waals surface area contributed by atoms with Crippen molar-refractivity contribution < 1.29 is 18.4 Å². The summed E-state index contributed by atoms with van der Waals surface area (Å²) in [7, 11) is 0. The Bertz CT molecular complexity index is 776. The van der Waals surface area contributed by atoms with Crippen molar-refractivity contribution in [1.29, 1.82) is 0 Å². The van der Waals surface area contributed by atoms with Crippen molar-refractivity contribution in [2.45, 2.75) is 6.54 Å². The first-order valence-electron chi connectivity index (χ1n) is 6.07. The summed E-state index contributed by atoms with van der Waals surface area (Å²) >= 11 is 1.97. The number of hydrogen-bond acceptors (Lipinski definition) is 2. The fraction of sp³-hybridized carbons (Fsp3) is 0.0667. The van der Waals surface area contributed by atoms with Gasteiger partial charge in [0.2, 0.25) is 0 Å². The lowest BCUT2D eigenvalue weighted by atomic mass is 10.1. The van der Waals surface area contributed by atoms with E-state index in [0.717, 1.165) is 23.1 Å². The van der Waals surface area contributed by atoms with Gasteiger partial charge in [0.25, 0.3) is 11.8 Å².